The van der Waals surface area contributed by atoms with Crippen LogP contribution in [0, 0.1) is 0 Å². The van der Waals surface area contributed by atoms with Crippen LogP contribution < -0.4 is 0 Å². The molecule has 158 valence electrons. The SMILES string of the molecule is CC(=O)OC1C[C@H](OC(=O)c2ccc(Cl)cc2)[C@H](COC(=O)c2ccc(Cl)cc2)S1. The molecule has 1 unspecified atom stereocenters. The lowest BCUT2D eigenvalue weighted by Crippen LogP contribution is -2.29. The minimum Gasteiger partial charge on any atom is -0.461 e. The first-order valence-corrected chi connectivity index (χ1v) is 10.7. The van der Waals surface area contributed by atoms with Gasteiger partial charge in [0.15, 0.2) is 5.44 Å². The third kappa shape index (κ3) is 6.14. The predicted molar refractivity (Wildman–Crippen MR) is 114 cm³/mol. The van der Waals surface area contributed by atoms with Gasteiger partial charge >= 0.3 is 17.9 Å². The molecule has 30 heavy (non-hydrogen) atoms. The first kappa shape index (κ1) is 22.5. The molecule has 3 rings (SSSR count). The minimum absolute atomic E-state index is 0.0115. The molecule has 3 atom stereocenters. The molecule has 1 fully saturated rings. The van der Waals surface area contributed by atoms with Crippen LogP contribution in [0.1, 0.15) is 34.1 Å². The summed E-state index contributed by atoms with van der Waals surface area (Å²) in [5.74, 6) is -1.49. The number of hydrogen-bond donors (Lipinski definition) is 0. The topological polar surface area (TPSA) is 78.9 Å². The maximum Gasteiger partial charge on any atom is 0.338 e. The summed E-state index contributed by atoms with van der Waals surface area (Å²) in [7, 11) is 0. The highest BCUT2D eigenvalue weighted by Crippen LogP contribution is 2.37. The van der Waals surface area contributed by atoms with Crippen LogP contribution in [0.15, 0.2) is 48.5 Å². The second kappa shape index (κ2) is 10.2. The molecule has 0 amide bonds. The maximum atomic E-state index is 12.5. The molecule has 0 bridgehead atoms. The molecule has 1 saturated heterocycles. The summed E-state index contributed by atoms with van der Waals surface area (Å²) in [4.78, 5) is 36.1. The molecular weight excluding hydrogens is 451 g/mol. The van der Waals surface area contributed by atoms with Gasteiger partial charge in [-0.05, 0) is 48.5 Å². The number of rotatable bonds is 6. The van der Waals surface area contributed by atoms with E-state index in [0.29, 0.717) is 27.6 Å². The van der Waals surface area contributed by atoms with Gasteiger partial charge in [-0.3, -0.25) is 4.79 Å². The molecule has 1 aliphatic rings. The van der Waals surface area contributed by atoms with Crippen molar-refractivity contribution in [2.24, 2.45) is 0 Å². The Labute approximate surface area is 187 Å². The lowest BCUT2D eigenvalue weighted by molar-refractivity contribution is -0.142. The van der Waals surface area contributed by atoms with Gasteiger partial charge in [-0.15, -0.1) is 11.8 Å². The van der Waals surface area contributed by atoms with E-state index in [1.165, 1.54) is 18.7 Å². The Hall–Kier alpha value is -2.22. The highest BCUT2D eigenvalue weighted by atomic mass is 35.5. The average Bonchev–Trinajstić information content (AvgIpc) is 3.07. The second-order valence-corrected chi connectivity index (χ2v) is 8.78. The van der Waals surface area contributed by atoms with E-state index >= 15 is 0 Å². The zero-order valence-corrected chi connectivity index (χ0v) is 18.2. The molecular formula is C21H18Cl2O6S. The summed E-state index contributed by atoms with van der Waals surface area (Å²) < 4.78 is 16.2. The van der Waals surface area contributed by atoms with Gasteiger partial charge in [0, 0.05) is 23.4 Å². The molecule has 0 aliphatic carbocycles. The van der Waals surface area contributed by atoms with Crippen molar-refractivity contribution in [3.05, 3.63) is 69.7 Å². The number of carbonyl (C=O) groups is 3. The van der Waals surface area contributed by atoms with Crippen molar-refractivity contribution in [1.29, 1.82) is 0 Å². The van der Waals surface area contributed by atoms with Crippen LogP contribution in [-0.2, 0) is 19.0 Å². The molecule has 1 heterocycles. The van der Waals surface area contributed by atoms with Crippen LogP contribution in [0.25, 0.3) is 0 Å². The van der Waals surface area contributed by atoms with Gasteiger partial charge in [0.25, 0.3) is 0 Å². The lowest BCUT2D eigenvalue weighted by atomic mass is 10.2. The molecule has 9 heteroatoms. The fourth-order valence-electron chi connectivity index (χ4n) is 2.83. The monoisotopic (exact) mass is 468 g/mol. The minimum atomic E-state index is -0.597. The van der Waals surface area contributed by atoms with Gasteiger partial charge in [-0.2, -0.15) is 0 Å². The average molecular weight is 469 g/mol. The van der Waals surface area contributed by atoms with E-state index in [-0.39, 0.29) is 11.9 Å². The van der Waals surface area contributed by atoms with Gasteiger partial charge in [-0.25, -0.2) is 9.59 Å². The number of carbonyl (C=O) groups excluding carboxylic acids is 3. The van der Waals surface area contributed by atoms with Gasteiger partial charge in [-0.1, -0.05) is 23.2 Å². The molecule has 2 aromatic carbocycles. The van der Waals surface area contributed by atoms with Crippen LogP contribution >= 0.6 is 35.0 Å². The molecule has 0 radical (unpaired) electrons. The molecule has 0 saturated carbocycles. The zero-order chi connectivity index (χ0) is 21.7. The summed E-state index contributed by atoms with van der Waals surface area (Å²) in [5, 5.41) is 0.628. The van der Waals surface area contributed by atoms with Crippen LogP contribution in [0.3, 0.4) is 0 Å². The smallest absolute Gasteiger partial charge is 0.338 e. The Bertz CT molecular complexity index is 916. The van der Waals surface area contributed by atoms with Gasteiger partial charge in [0.1, 0.15) is 12.7 Å². The standard InChI is InChI=1S/C21H18Cl2O6S/c1-12(24)28-19-10-17(29-21(26)14-4-8-16(23)9-5-14)18(30-19)11-27-20(25)13-2-6-15(22)7-3-13/h2-9,17-19H,10-11H2,1H3/t17-,18-,19?/m0/s1. The van der Waals surface area contributed by atoms with E-state index in [2.05, 4.69) is 0 Å². The summed E-state index contributed by atoms with van der Waals surface area (Å²) in [6.45, 7) is 1.30. The number of halogens is 2. The van der Waals surface area contributed by atoms with Gasteiger partial charge in [0.05, 0.1) is 16.4 Å². The van der Waals surface area contributed by atoms with Gasteiger partial charge < -0.3 is 14.2 Å². The highest BCUT2D eigenvalue weighted by Gasteiger charge is 2.40. The van der Waals surface area contributed by atoms with Crippen molar-refractivity contribution in [2.45, 2.75) is 30.1 Å². The molecule has 1 aliphatic heterocycles. The summed E-state index contributed by atoms with van der Waals surface area (Å²) in [6.07, 6.45) is -0.298. The van der Waals surface area contributed by atoms with E-state index in [0.717, 1.165) is 0 Å². The van der Waals surface area contributed by atoms with E-state index < -0.39 is 29.4 Å². The summed E-state index contributed by atoms with van der Waals surface area (Å²) >= 11 is 13.0. The van der Waals surface area contributed by atoms with Crippen LogP contribution in [0.5, 0.6) is 0 Å². The van der Waals surface area contributed by atoms with Crippen molar-refractivity contribution in [3.8, 4) is 0 Å². The van der Waals surface area contributed by atoms with Crippen molar-refractivity contribution < 1.29 is 28.6 Å². The highest BCUT2D eigenvalue weighted by molar-refractivity contribution is 8.00. The maximum absolute atomic E-state index is 12.5. The molecule has 0 spiro atoms. The second-order valence-electron chi connectivity index (χ2n) is 6.51. The third-order valence-electron chi connectivity index (χ3n) is 4.26. The van der Waals surface area contributed by atoms with E-state index in [1.807, 2.05) is 0 Å². The van der Waals surface area contributed by atoms with E-state index in [4.69, 9.17) is 37.4 Å². The van der Waals surface area contributed by atoms with E-state index in [9.17, 15) is 14.4 Å². The Morgan fingerprint density at radius 1 is 0.900 bits per heavy atom. The Morgan fingerprint density at radius 3 is 1.97 bits per heavy atom. The Balaban J connectivity index is 1.65. The summed E-state index contributed by atoms with van der Waals surface area (Å²) in [6, 6.07) is 12.6. The zero-order valence-electron chi connectivity index (χ0n) is 15.9. The van der Waals surface area contributed by atoms with Crippen LogP contribution in [0.4, 0.5) is 0 Å². The van der Waals surface area contributed by atoms with Crippen molar-refractivity contribution >= 4 is 52.9 Å². The number of esters is 3. The molecule has 6 nitrogen and oxygen atoms in total. The van der Waals surface area contributed by atoms with Crippen molar-refractivity contribution in [1.82, 2.24) is 0 Å². The summed E-state index contributed by atoms with van der Waals surface area (Å²) in [5.41, 5.74) is 0.204. The fraction of sp³-hybridized carbons (Fsp3) is 0.286. The Kier molecular flexibility index (Phi) is 7.64. The van der Waals surface area contributed by atoms with E-state index in [1.54, 1.807) is 48.5 Å². The lowest BCUT2D eigenvalue weighted by Gasteiger charge is -2.19. The predicted octanol–water partition coefficient (Wildman–Crippen LogP) is 4.77. The first-order valence-electron chi connectivity index (χ1n) is 9.04. The number of hydrogen-bond acceptors (Lipinski definition) is 7. The van der Waals surface area contributed by atoms with Crippen LogP contribution in [-0.4, -0.2) is 41.3 Å². The van der Waals surface area contributed by atoms with Crippen molar-refractivity contribution in [3.63, 3.8) is 0 Å². The van der Waals surface area contributed by atoms with Crippen LogP contribution in [0.2, 0.25) is 10.0 Å². The molecule has 0 N–H and O–H groups in total. The quantitative estimate of drug-likeness (QED) is 0.446. The number of thioether (sulfide) groups is 1. The molecule has 2 aromatic rings. The first-order chi connectivity index (χ1) is 14.3. The largest absolute Gasteiger partial charge is 0.461 e. The van der Waals surface area contributed by atoms with Gasteiger partial charge in [0.2, 0.25) is 0 Å². The number of ether oxygens (including phenoxy) is 3. The fourth-order valence-corrected chi connectivity index (χ4v) is 4.45. The molecule has 0 aromatic heterocycles. The number of benzene rings is 2. The Morgan fingerprint density at radius 2 is 1.43 bits per heavy atom. The normalized spacial score (nSPS) is 20.4. The third-order valence-corrected chi connectivity index (χ3v) is 6.15. The van der Waals surface area contributed by atoms with Crippen molar-refractivity contribution in [2.75, 3.05) is 6.61 Å².